The zero-order valence-electron chi connectivity index (χ0n) is 19.6. The molecule has 2 aromatic carbocycles. The third kappa shape index (κ3) is 5.85. The van der Waals surface area contributed by atoms with Crippen molar-refractivity contribution in [1.29, 1.82) is 0 Å². The number of carboxylic acid groups (broad SMARTS) is 1. The van der Waals surface area contributed by atoms with Crippen molar-refractivity contribution in [3.05, 3.63) is 71.9 Å². The highest BCUT2D eigenvalue weighted by molar-refractivity contribution is 6.11. The van der Waals surface area contributed by atoms with Crippen LogP contribution in [-0.2, 0) is 11.3 Å². The molecule has 0 fully saturated rings. The number of carbonyl (C=O) groups excluding carboxylic acids is 1. The number of hydrogen-bond acceptors (Lipinski definition) is 4. The van der Waals surface area contributed by atoms with Crippen molar-refractivity contribution in [2.24, 2.45) is 0 Å². The highest BCUT2D eigenvalue weighted by atomic mass is 16.4. The summed E-state index contributed by atoms with van der Waals surface area (Å²) in [6.45, 7) is 4.45. The number of rotatable bonds is 11. The van der Waals surface area contributed by atoms with E-state index in [-0.39, 0.29) is 24.1 Å². The number of aromatic hydroxyl groups is 1. The summed E-state index contributed by atoms with van der Waals surface area (Å²) in [5, 5.41) is 32.5. The van der Waals surface area contributed by atoms with Crippen LogP contribution in [0.4, 0.5) is 5.69 Å². The number of unbranched alkanes of at least 4 members (excludes halogenated alkanes) is 2. The van der Waals surface area contributed by atoms with Crippen LogP contribution >= 0.6 is 0 Å². The molecule has 0 saturated heterocycles. The monoisotopic (exact) mass is 464 g/mol. The van der Waals surface area contributed by atoms with Crippen LogP contribution in [0.25, 0.3) is 11.1 Å². The molecule has 180 valence electrons. The molecular formula is C27H32N2O5. The maximum absolute atomic E-state index is 13.5. The summed E-state index contributed by atoms with van der Waals surface area (Å²) in [5.74, 6) is -1.49. The zero-order valence-corrected chi connectivity index (χ0v) is 19.6. The second-order valence-corrected chi connectivity index (χ2v) is 8.65. The van der Waals surface area contributed by atoms with Crippen LogP contribution in [0.2, 0.25) is 0 Å². The highest BCUT2D eigenvalue weighted by Gasteiger charge is 2.29. The number of carboxylic acids is 1. The molecule has 4 N–H and O–H groups in total. The maximum Gasteiger partial charge on any atom is 0.332 e. The molecule has 0 spiro atoms. The predicted molar refractivity (Wildman–Crippen MR) is 132 cm³/mol. The number of benzene rings is 2. The first-order valence-corrected chi connectivity index (χ1v) is 11.6. The van der Waals surface area contributed by atoms with E-state index in [1.807, 2.05) is 74.5 Å². The first kappa shape index (κ1) is 25.1. The van der Waals surface area contributed by atoms with Gasteiger partial charge in [0.05, 0.1) is 11.1 Å². The van der Waals surface area contributed by atoms with Gasteiger partial charge in [0.1, 0.15) is 0 Å². The number of para-hydroxylation sites is 1. The van der Waals surface area contributed by atoms with Gasteiger partial charge in [0.25, 0.3) is 5.91 Å². The Morgan fingerprint density at radius 1 is 0.941 bits per heavy atom. The van der Waals surface area contributed by atoms with Crippen LogP contribution in [0.3, 0.4) is 0 Å². The highest BCUT2D eigenvalue weighted by Crippen LogP contribution is 2.41. The fourth-order valence-corrected chi connectivity index (χ4v) is 4.18. The summed E-state index contributed by atoms with van der Waals surface area (Å²) in [5.41, 5.74) is 3.12. The van der Waals surface area contributed by atoms with Crippen molar-refractivity contribution < 1.29 is 24.9 Å². The molecule has 7 nitrogen and oxygen atoms in total. The molecule has 3 rings (SSSR count). The zero-order chi connectivity index (χ0) is 24.7. The van der Waals surface area contributed by atoms with Crippen LogP contribution < -0.4 is 5.32 Å². The minimum absolute atomic E-state index is 0.0336. The molecule has 0 saturated carbocycles. The lowest BCUT2D eigenvalue weighted by molar-refractivity contribution is -0.146. The van der Waals surface area contributed by atoms with Gasteiger partial charge in [-0.2, -0.15) is 0 Å². The normalized spacial score (nSPS) is 12.0. The molecule has 0 aliphatic carbocycles. The van der Waals surface area contributed by atoms with Crippen molar-refractivity contribution in [3.8, 4) is 17.0 Å². The second-order valence-electron chi connectivity index (χ2n) is 8.65. The number of carbonyl (C=O) groups is 2. The van der Waals surface area contributed by atoms with Crippen molar-refractivity contribution in [3.63, 3.8) is 0 Å². The maximum atomic E-state index is 13.5. The number of hydrogen-bond donors (Lipinski definition) is 4. The van der Waals surface area contributed by atoms with E-state index in [1.165, 1.54) is 0 Å². The Bertz CT molecular complexity index is 1110. The van der Waals surface area contributed by atoms with E-state index in [9.17, 15) is 19.8 Å². The summed E-state index contributed by atoms with van der Waals surface area (Å²) in [6, 6.07) is 18.6. The molecule has 1 amide bonds. The average molecular weight is 465 g/mol. The van der Waals surface area contributed by atoms with Crippen molar-refractivity contribution in [1.82, 2.24) is 4.57 Å². The Hall–Kier alpha value is -3.58. The SMILES string of the molecule is CC(C)c1c(C(=O)Nc2ccccc2)c(-c2ccccc2)c(O)n1CCCCC[C@H](O)C(=O)O. The second kappa shape index (κ2) is 11.5. The fourth-order valence-electron chi connectivity index (χ4n) is 4.18. The van der Waals surface area contributed by atoms with Gasteiger partial charge in [-0.15, -0.1) is 0 Å². The van der Waals surface area contributed by atoms with Gasteiger partial charge in [-0.3, -0.25) is 4.79 Å². The molecule has 0 aliphatic rings. The van der Waals surface area contributed by atoms with Gasteiger partial charge in [-0.25, -0.2) is 4.79 Å². The summed E-state index contributed by atoms with van der Waals surface area (Å²) in [6.07, 6.45) is 0.737. The minimum atomic E-state index is -1.36. The van der Waals surface area contributed by atoms with Gasteiger partial charge in [-0.1, -0.05) is 75.2 Å². The topological polar surface area (TPSA) is 112 Å². The van der Waals surface area contributed by atoms with Gasteiger partial charge in [0.2, 0.25) is 0 Å². The van der Waals surface area contributed by atoms with E-state index in [0.29, 0.717) is 42.6 Å². The van der Waals surface area contributed by atoms with Crippen LogP contribution in [0.5, 0.6) is 5.88 Å². The first-order chi connectivity index (χ1) is 16.3. The molecule has 0 unspecified atom stereocenters. The molecule has 3 aromatic rings. The smallest absolute Gasteiger partial charge is 0.332 e. The van der Waals surface area contributed by atoms with Gasteiger partial charge in [-0.05, 0) is 36.5 Å². The third-order valence-electron chi connectivity index (χ3n) is 5.79. The van der Waals surface area contributed by atoms with Crippen molar-refractivity contribution in [2.45, 2.75) is 58.1 Å². The Kier molecular flexibility index (Phi) is 8.49. The molecule has 0 aliphatic heterocycles. The number of amides is 1. The average Bonchev–Trinajstić information content (AvgIpc) is 3.12. The molecule has 0 bridgehead atoms. The molecule has 7 heteroatoms. The van der Waals surface area contributed by atoms with E-state index in [0.717, 1.165) is 11.3 Å². The molecule has 0 radical (unpaired) electrons. The number of aliphatic carboxylic acids is 1. The van der Waals surface area contributed by atoms with Crippen molar-refractivity contribution >= 4 is 17.6 Å². The number of nitrogens with one attached hydrogen (secondary N) is 1. The molecule has 1 atom stereocenters. The number of anilines is 1. The third-order valence-corrected chi connectivity index (χ3v) is 5.79. The lowest BCUT2D eigenvalue weighted by Gasteiger charge is -2.15. The van der Waals surface area contributed by atoms with Gasteiger partial charge >= 0.3 is 5.97 Å². The Morgan fingerprint density at radius 3 is 2.15 bits per heavy atom. The number of aliphatic hydroxyl groups excluding tert-OH is 1. The molecule has 1 heterocycles. The Morgan fingerprint density at radius 2 is 1.56 bits per heavy atom. The van der Waals surface area contributed by atoms with Crippen LogP contribution in [0.15, 0.2) is 60.7 Å². The van der Waals surface area contributed by atoms with Crippen molar-refractivity contribution in [2.75, 3.05) is 5.32 Å². The summed E-state index contributed by atoms with van der Waals surface area (Å²) in [4.78, 5) is 24.3. The predicted octanol–water partition coefficient (Wildman–Crippen LogP) is 5.24. The fraction of sp³-hybridized carbons (Fsp3) is 0.333. The number of nitrogens with zero attached hydrogens (tertiary/aromatic N) is 1. The van der Waals surface area contributed by atoms with Gasteiger partial charge in [0, 0.05) is 17.9 Å². The van der Waals surface area contributed by atoms with E-state index < -0.39 is 12.1 Å². The summed E-state index contributed by atoms with van der Waals surface area (Å²) in [7, 11) is 0. The standard InChI is InChI=1S/C27H32N2O5/c1-18(2)24-23(25(31)28-20-14-8-4-9-15-20)22(19-12-6-3-7-13-19)26(32)29(24)17-11-5-10-16-21(30)27(33)34/h3-4,6-9,12-15,18,21,30,32H,5,10-11,16-17H2,1-2H3,(H,28,31)(H,33,34)/t21-/m0/s1. The largest absolute Gasteiger partial charge is 0.494 e. The lowest BCUT2D eigenvalue weighted by Crippen LogP contribution is -2.19. The minimum Gasteiger partial charge on any atom is -0.494 e. The quantitative estimate of drug-likeness (QED) is 0.290. The number of aliphatic hydroxyl groups is 1. The van der Waals surface area contributed by atoms with E-state index in [2.05, 4.69) is 5.32 Å². The lowest BCUT2D eigenvalue weighted by atomic mass is 9.97. The van der Waals surface area contributed by atoms with E-state index in [1.54, 1.807) is 4.57 Å². The summed E-state index contributed by atoms with van der Waals surface area (Å²) < 4.78 is 1.79. The van der Waals surface area contributed by atoms with Crippen LogP contribution in [0.1, 0.15) is 61.5 Å². The first-order valence-electron chi connectivity index (χ1n) is 11.6. The Balaban J connectivity index is 1.94. The molecular weight excluding hydrogens is 432 g/mol. The summed E-state index contributed by atoms with van der Waals surface area (Å²) >= 11 is 0. The van der Waals surface area contributed by atoms with Crippen LogP contribution in [0, 0.1) is 0 Å². The number of aromatic nitrogens is 1. The molecule has 34 heavy (non-hydrogen) atoms. The van der Waals surface area contributed by atoms with Gasteiger partial charge in [0.15, 0.2) is 12.0 Å². The van der Waals surface area contributed by atoms with E-state index >= 15 is 0 Å². The van der Waals surface area contributed by atoms with Gasteiger partial charge < -0.3 is 25.2 Å². The Labute approximate surface area is 199 Å². The molecule has 1 aromatic heterocycles. The van der Waals surface area contributed by atoms with Crippen LogP contribution in [-0.4, -0.2) is 37.9 Å². The van der Waals surface area contributed by atoms with E-state index in [4.69, 9.17) is 5.11 Å².